The monoisotopic (exact) mass is 263 g/mol. The Morgan fingerprint density at radius 2 is 2.17 bits per heavy atom. The topological polar surface area (TPSA) is 51.6 Å². The van der Waals surface area contributed by atoms with Gasteiger partial charge in [-0.25, -0.2) is 4.98 Å². The third kappa shape index (κ3) is 1.95. The molecule has 0 unspecified atom stereocenters. The van der Waals surface area contributed by atoms with E-state index in [1.807, 2.05) is 25.1 Å². The van der Waals surface area contributed by atoms with E-state index in [9.17, 15) is 0 Å². The molecule has 0 spiro atoms. The van der Waals surface area contributed by atoms with Crippen LogP contribution in [0.2, 0.25) is 0 Å². The molecule has 0 saturated heterocycles. The number of rotatable bonds is 3. The van der Waals surface area contributed by atoms with Crippen molar-refractivity contribution in [2.24, 2.45) is 0 Å². The third-order valence-corrected chi connectivity index (χ3v) is 3.84. The zero-order valence-corrected chi connectivity index (χ0v) is 10.8. The van der Waals surface area contributed by atoms with E-state index < -0.39 is 0 Å². The van der Waals surface area contributed by atoms with Crippen LogP contribution in [0.1, 0.15) is 9.88 Å². The smallest absolute Gasteiger partial charge is 0.231 e. The van der Waals surface area contributed by atoms with E-state index in [0.717, 1.165) is 32.6 Å². The van der Waals surface area contributed by atoms with E-state index in [1.165, 1.54) is 0 Å². The average molecular weight is 263 g/mol. The Morgan fingerprint density at radius 3 is 3.00 bits per heavy atom. The van der Waals surface area contributed by atoms with Crippen LogP contribution >= 0.6 is 11.3 Å². The molecular weight excluding hydrogens is 250 g/mol. The van der Waals surface area contributed by atoms with Gasteiger partial charge in [-0.05, 0) is 25.1 Å². The molecule has 1 N–H and O–H groups in total. The Kier molecular flexibility index (Phi) is 2.93. The van der Waals surface area contributed by atoms with Gasteiger partial charge < -0.3 is 14.6 Å². The molecule has 0 saturated carbocycles. The Labute approximate surface area is 109 Å². The molecule has 1 aliphatic rings. The molecule has 1 aromatic heterocycles. The number of hydrogen-bond donors (Lipinski definition) is 1. The van der Waals surface area contributed by atoms with Crippen molar-refractivity contribution >= 4 is 11.3 Å². The first kappa shape index (κ1) is 11.5. The van der Waals surface area contributed by atoms with E-state index in [4.69, 9.17) is 14.6 Å². The van der Waals surface area contributed by atoms with E-state index in [0.29, 0.717) is 6.42 Å². The van der Waals surface area contributed by atoms with Crippen LogP contribution in [0.3, 0.4) is 0 Å². The zero-order valence-electron chi connectivity index (χ0n) is 9.97. The van der Waals surface area contributed by atoms with Gasteiger partial charge in [-0.2, -0.15) is 0 Å². The van der Waals surface area contributed by atoms with Gasteiger partial charge in [0.05, 0.1) is 10.7 Å². The molecule has 0 aliphatic carbocycles. The van der Waals surface area contributed by atoms with E-state index in [-0.39, 0.29) is 13.4 Å². The number of aryl methyl sites for hydroxylation is 1. The van der Waals surface area contributed by atoms with E-state index in [2.05, 4.69) is 4.98 Å². The molecule has 3 rings (SSSR count). The van der Waals surface area contributed by atoms with Crippen molar-refractivity contribution in [2.45, 2.75) is 13.3 Å². The third-order valence-electron chi connectivity index (χ3n) is 2.81. The van der Waals surface area contributed by atoms with Gasteiger partial charge in [0.25, 0.3) is 0 Å². The summed E-state index contributed by atoms with van der Waals surface area (Å²) in [5, 5.41) is 9.91. The second-order valence-corrected chi connectivity index (χ2v) is 5.34. The average Bonchev–Trinajstić information content (AvgIpc) is 2.95. The summed E-state index contributed by atoms with van der Waals surface area (Å²) in [6.07, 6.45) is 0.607. The Hall–Kier alpha value is -1.59. The Morgan fingerprint density at radius 1 is 1.33 bits per heavy atom. The minimum absolute atomic E-state index is 0.132. The summed E-state index contributed by atoms with van der Waals surface area (Å²) in [4.78, 5) is 5.71. The normalized spacial score (nSPS) is 13.0. The molecular formula is C13H13NO3S. The van der Waals surface area contributed by atoms with Crippen LogP contribution in [0, 0.1) is 6.92 Å². The number of aromatic nitrogens is 1. The zero-order chi connectivity index (χ0) is 12.5. The van der Waals surface area contributed by atoms with Crippen molar-refractivity contribution in [2.75, 3.05) is 13.4 Å². The molecule has 2 heterocycles. The Balaban J connectivity index is 1.99. The van der Waals surface area contributed by atoms with Crippen molar-refractivity contribution in [1.29, 1.82) is 0 Å². The Bertz CT molecular complexity index is 580. The van der Waals surface area contributed by atoms with Crippen LogP contribution in [-0.4, -0.2) is 23.5 Å². The SMILES string of the molecule is Cc1sc(CCO)nc1-c1ccc2c(c1)OCO2. The largest absolute Gasteiger partial charge is 0.454 e. The number of aliphatic hydroxyl groups is 1. The fraction of sp³-hybridized carbons (Fsp3) is 0.308. The summed E-state index contributed by atoms with van der Waals surface area (Å²) in [5.74, 6) is 1.55. The summed E-state index contributed by atoms with van der Waals surface area (Å²) < 4.78 is 10.7. The second-order valence-electron chi connectivity index (χ2n) is 4.05. The molecule has 1 aliphatic heterocycles. The first-order valence-corrected chi connectivity index (χ1v) is 6.57. The first-order chi connectivity index (χ1) is 8.78. The van der Waals surface area contributed by atoms with Crippen LogP contribution in [0.15, 0.2) is 18.2 Å². The fourth-order valence-corrected chi connectivity index (χ4v) is 2.91. The molecule has 94 valence electrons. The van der Waals surface area contributed by atoms with Gasteiger partial charge in [-0.15, -0.1) is 11.3 Å². The maximum Gasteiger partial charge on any atom is 0.231 e. The summed E-state index contributed by atoms with van der Waals surface area (Å²) >= 11 is 1.62. The van der Waals surface area contributed by atoms with Gasteiger partial charge in [0.1, 0.15) is 0 Å². The number of benzene rings is 1. The van der Waals surface area contributed by atoms with Gasteiger partial charge >= 0.3 is 0 Å². The van der Waals surface area contributed by atoms with E-state index >= 15 is 0 Å². The number of thiazole rings is 1. The molecule has 1 aromatic carbocycles. The molecule has 0 atom stereocenters. The lowest BCUT2D eigenvalue weighted by Gasteiger charge is -2.01. The minimum Gasteiger partial charge on any atom is -0.454 e. The maximum absolute atomic E-state index is 8.95. The summed E-state index contributed by atoms with van der Waals surface area (Å²) in [5.41, 5.74) is 1.99. The van der Waals surface area contributed by atoms with Crippen molar-refractivity contribution in [3.8, 4) is 22.8 Å². The predicted molar refractivity (Wildman–Crippen MR) is 69.2 cm³/mol. The van der Waals surface area contributed by atoms with E-state index in [1.54, 1.807) is 11.3 Å². The lowest BCUT2D eigenvalue weighted by molar-refractivity contribution is 0.174. The van der Waals surface area contributed by atoms with Crippen LogP contribution in [0.25, 0.3) is 11.3 Å². The molecule has 0 bridgehead atoms. The standard InChI is InChI=1S/C13H13NO3S/c1-8-13(14-12(18-8)4-5-15)9-2-3-10-11(6-9)17-7-16-10/h2-3,6,15H,4-5,7H2,1H3. The number of hydrogen-bond acceptors (Lipinski definition) is 5. The van der Waals surface area contributed by atoms with Crippen LogP contribution < -0.4 is 9.47 Å². The van der Waals surface area contributed by atoms with Gasteiger partial charge in [-0.1, -0.05) is 0 Å². The summed E-state index contributed by atoms with van der Waals surface area (Å²) in [6.45, 7) is 2.45. The number of aliphatic hydroxyl groups excluding tert-OH is 1. The maximum atomic E-state index is 8.95. The van der Waals surface area contributed by atoms with Crippen LogP contribution in [-0.2, 0) is 6.42 Å². The van der Waals surface area contributed by atoms with Gasteiger partial charge in [-0.3, -0.25) is 0 Å². The predicted octanol–water partition coefficient (Wildman–Crippen LogP) is 2.38. The number of ether oxygens (including phenoxy) is 2. The lowest BCUT2D eigenvalue weighted by Crippen LogP contribution is -1.92. The van der Waals surface area contributed by atoms with Crippen molar-refractivity contribution < 1.29 is 14.6 Å². The highest BCUT2D eigenvalue weighted by Gasteiger charge is 2.16. The van der Waals surface area contributed by atoms with Gasteiger partial charge in [0, 0.05) is 23.5 Å². The lowest BCUT2D eigenvalue weighted by atomic mass is 10.1. The molecule has 0 amide bonds. The number of fused-ring (bicyclic) bond motifs is 1. The van der Waals surface area contributed by atoms with Crippen LogP contribution in [0.5, 0.6) is 11.5 Å². The summed E-state index contributed by atoms with van der Waals surface area (Å²) in [6, 6.07) is 5.84. The molecule has 18 heavy (non-hydrogen) atoms. The number of nitrogens with zero attached hydrogens (tertiary/aromatic N) is 1. The fourth-order valence-electron chi connectivity index (χ4n) is 1.97. The van der Waals surface area contributed by atoms with Crippen molar-refractivity contribution in [1.82, 2.24) is 4.98 Å². The summed E-state index contributed by atoms with van der Waals surface area (Å²) in [7, 11) is 0. The molecule has 2 aromatic rings. The van der Waals surface area contributed by atoms with Crippen molar-refractivity contribution in [3.05, 3.63) is 28.1 Å². The molecule has 5 heteroatoms. The quantitative estimate of drug-likeness (QED) is 0.923. The van der Waals surface area contributed by atoms with Crippen LogP contribution in [0.4, 0.5) is 0 Å². The second kappa shape index (κ2) is 4.59. The van der Waals surface area contributed by atoms with Crippen molar-refractivity contribution in [3.63, 3.8) is 0 Å². The highest BCUT2D eigenvalue weighted by atomic mass is 32.1. The van der Waals surface area contributed by atoms with Gasteiger partial charge in [0.2, 0.25) is 6.79 Å². The molecule has 0 fully saturated rings. The minimum atomic E-state index is 0.132. The highest BCUT2D eigenvalue weighted by Crippen LogP contribution is 2.37. The van der Waals surface area contributed by atoms with Gasteiger partial charge in [0.15, 0.2) is 11.5 Å². The molecule has 4 nitrogen and oxygen atoms in total. The highest BCUT2D eigenvalue weighted by molar-refractivity contribution is 7.12. The molecule has 0 radical (unpaired) electrons. The first-order valence-electron chi connectivity index (χ1n) is 5.75.